The van der Waals surface area contributed by atoms with Gasteiger partial charge in [0, 0.05) is 5.41 Å². The average Bonchev–Trinajstić information content (AvgIpc) is 2.53. The lowest BCUT2D eigenvalue weighted by molar-refractivity contribution is -0.686. The van der Waals surface area contributed by atoms with Crippen molar-refractivity contribution in [3.63, 3.8) is 0 Å². The predicted molar refractivity (Wildman–Crippen MR) is 91.9 cm³/mol. The van der Waals surface area contributed by atoms with Gasteiger partial charge in [0.15, 0.2) is 6.04 Å². The van der Waals surface area contributed by atoms with Gasteiger partial charge in [-0.2, -0.15) is 0 Å². The number of carbonyl (C=O) groups is 1. The van der Waals surface area contributed by atoms with Gasteiger partial charge in [-0.1, -0.05) is 12.1 Å². The molecular formula is C20H28FN2O+. The van der Waals surface area contributed by atoms with E-state index in [1.165, 1.54) is 44.6 Å². The number of quaternary nitrogens is 1. The highest BCUT2D eigenvalue weighted by molar-refractivity contribution is 5.93. The summed E-state index contributed by atoms with van der Waals surface area (Å²) < 4.78 is 13.7. The third-order valence-electron chi connectivity index (χ3n) is 6.61. The molecule has 5 rings (SSSR count). The van der Waals surface area contributed by atoms with Crippen LogP contribution in [0.4, 0.5) is 10.1 Å². The molecule has 4 aliphatic rings. The molecule has 1 aromatic carbocycles. The standard InChI is InChI=1S/C20H27FN2O/c1-13(19(24)23-18-5-3-2-4-17(18)21)22-12-20-9-14-6-15(10-20)8-16(7-14)11-20/h2-5,13-16,22H,6-12H2,1H3,(H,23,24)/p+1/t13-,14?,15?,16?,20?/m1/s1. The number of hydrogen-bond donors (Lipinski definition) is 2. The maximum Gasteiger partial charge on any atom is 0.282 e. The van der Waals surface area contributed by atoms with Crippen LogP contribution in [0.1, 0.15) is 45.4 Å². The van der Waals surface area contributed by atoms with E-state index in [4.69, 9.17) is 0 Å². The van der Waals surface area contributed by atoms with E-state index in [2.05, 4.69) is 10.6 Å². The Morgan fingerprint density at radius 2 is 1.79 bits per heavy atom. The SMILES string of the molecule is C[C@@H]([NH2+]CC12CC3CC(CC(C3)C1)C2)C(=O)Nc1ccccc1F. The second-order valence-electron chi connectivity index (χ2n) is 8.62. The minimum atomic E-state index is -0.376. The number of halogens is 1. The van der Waals surface area contributed by atoms with Crippen molar-refractivity contribution in [1.29, 1.82) is 0 Å². The molecule has 4 fully saturated rings. The lowest BCUT2D eigenvalue weighted by Crippen LogP contribution is -2.94. The summed E-state index contributed by atoms with van der Waals surface area (Å²) in [6.45, 7) is 2.97. The summed E-state index contributed by atoms with van der Waals surface area (Å²) in [6.07, 6.45) is 8.42. The van der Waals surface area contributed by atoms with E-state index < -0.39 is 0 Å². The molecule has 4 bridgehead atoms. The van der Waals surface area contributed by atoms with Gasteiger partial charge >= 0.3 is 0 Å². The number of para-hydroxylation sites is 1. The van der Waals surface area contributed by atoms with E-state index in [0.717, 1.165) is 24.3 Å². The summed E-state index contributed by atoms with van der Waals surface area (Å²) in [7, 11) is 0. The Kier molecular flexibility index (Phi) is 4.11. The fraction of sp³-hybridized carbons (Fsp3) is 0.650. The smallest absolute Gasteiger partial charge is 0.282 e. The number of amides is 1. The van der Waals surface area contributed by atoms with Gasteiger partial charge in [-0.15, -0.1) is 0 Å². The summed E-state index contributed by atoms with van der Waals surface area (Å²) in [5, 5.41) is 4.91. The number of nitrogens with two attached hydrogens (primary N) is 1. The van der Waals surface area contributed by atoms with Crippen molar-refractivity contribution in [2.24, 2.45) is 23.2 Å². The molecule has 4 heteroatoms. The van der Waals surface area contributed by atoms with Crippen LogP contribution in [0, 0.1) is 29.0 Å². The van der Waals surface area contributed by atoms with E-state index in [1.807, 2.05) is 6.92 Å². The van der Waals surface area contributed by atoms with Crippen LogP contribution >= 0.6 is 0 Å². The minimum absolute atomic E-state index is 0.107. The second-order valence-corrected chi connectivity index (χ2v) is 8.62. The van der Waals surface area contributed by atoms with Crippen molar-refractivity contribution in [2.75, 3.05) is 11.9 Å². The van der Waals surface area contributed by atoms with Gasteiger partial charge in [0.05, 0.1) is 12.2 Å². The molecule has 130 valence electrons. The Labute approximate surface area is 143 Å². The van der Waals surface area contributed by atoms with Gasteiger partial charge in [-0.3, -0.25) is 4.79 Å². The van der Waals surface area contributed by atoms with Gasteiger partial charge in [0.25, 0.3) is 5.91 Å². The molecule has 0 aromatic heterocycles. The van der Waals surface area contributed by atoms with Crippen molar-refractivity contribution in [3.8, 4) is 0 Å². The van der Waals surface area contributed by atoms with Crippen LogP contribution in [0.15, 0.2) is 24.3 Å². The van der Waals surface area contributed by atoms with Crippen molar-refractivity contribution >= 4 is 11.6 Å². The number of nitrogens with one attached hydrogen (secondary N) is 1. The number of rotatable bonds is 5. The van der Waals surface area contributed by atoms with Gasteiger partial charge in [0.2, 0.25) is 0 Å². The monoisotopic (exact) mass is 331 g/mol. The lowest BCUT2D eigenvalue weighted by Gasteiger charge is -2.56. The fourth-order valence-electron chi connectivity index (χ4n) is 5.88. The summed E-state index contributed by atoms with van der Waals surface area (Å²) in [6, 6.07) is 6.17. The maximum atomic E-state index is 13.7. The zero-order valence-corrected chi connectivity index (χ0v) is 14.4. The maximum absolute atomic E-state index is 13.7. The number of hydrogen-bond acceptors (Lipinski definition) is 1. The Balaban J connectivity index is 1.34. The van der Waals surface area contributed by atoms with Crippen LogP contribution in [0.2, 0.25) is 0 Å². The first kappa shape index (κ1) is 16.1. The van der Waals surface area contributed by atoms with Crippen LogP contribution in [0.5, 0.6) is 0 Å². The summed E-state index contributed by atoms with van der Waals surface area (Å²) in [5.74, 6) is 2.33. The van der Waals surface area contributed by atoms with Crippen LogP contribution in [-0.4, -0.2) is 18.5 Å². The molecule has 4 aliphatic carbocycles. The highest BCUT2D eigenvalue weighted by Crippen LogP contribution is 2.59. The van der Waals surface area contributed by atoms with Crippen LogP contribution < -0.4 is 10.6 Å². The molecule has 0 aliphatic heterocycles. The predicted octanol–water partition coefficient (Wildman–Crippen LogP) is 2.93. The van der Waals surface area contributed by atoms with Crippen molar-refractivity contribution in [1.82, 2.24) is 0 Å². The van der Waals surface area contributed by atoms with E-state index in [0.29, 0.717) is 5.41 Å². The topological polar surface area (TPSA) is 45.7 Å². The van der Waals surface area contributed by atoms with E-state index >= 15 is 0 Å². The van der Waals surface area contributed by atoms with Crippen LogP contribution in [0.3, 0.4) is 0 Å². The van der Waals surface area contributed by atoms with Gasteiger partial charge < -0.3 is 10.6 Å². The molecule has 0 radical (unpaired) electrons. The number of benzene rings is 1. The molecular weight excluding hydrogens is 303 g/mol. The zero-order chi connectivity index (χ0) is 16.7. The second kappa shape index (κ2) is 6.14. The van der Waals surface area contributed by atoms with E-state index in [1.54, 1.807) is 18.2 Å². The molecule has 1 amide bonds. The van der Waals surface area contributed by atoms with Gasteiger partial charge in [-0.05, 0) is 75.3 Å². The Morgan fingerprint density at radius 1 is 1.21 bits per heavy atom. The Hall–Kier alpha value is -1.42. The molecule has 1 atom stereocenters. The summed E-state index contributed by atoms with van der Waals surface area (Å²) in [4.78, 5) is 12.4. The summed E-state index contributed by atoms with van der Waals surface area (Å²) in [5.41, 5.74) is 0.735. The highest BCUT2D eigenvalue weighted by Gasteiger charge is 2.51. The van der Waals surface area contributed by atoms with Gasteiger partial charge in [0.1, 0.15) is 5.82 Å². The normalized spacial score (nSPS) is 35.0. The van der Waals surface area contributed by atoms with E-state index in [-0.39, 0.29) is 23.5 Å². The largest absolute Gasteiger partial charge is 0.336 e. The number of carbonyl (C=O) groups excluding carboxylic acids is 1. The van der Waals surface area contributed by atoms with Gasteiger partial charge in [-0.25, -0.2) is 4.39 Å². The molecule has 0 heterocycles. The first-order valence-corrected chi connectivity index (χ1v) is 9.42. The molecule has 0 unspecified atom stereocenters. The molecule has 24 heavy (non-hydrogen) atoms. The van der Waals surface area contributed by atoms with Crippen molar-refractivity contribution < 1.29 is 14.5 Å². The molecule has 4 saturated carbocycles. The van der Waals surface area contributed by atoms with Crippen molar-refractivity contribution in [3.05, 3.63) is 30.1 Å². The first-order chi connectivity index (χ1) is 11.5. The molecule has 3 nitrogen and oxygen atoms in total. The van der Waals surface area contributed by atoms with Crippen LogP contribution in [-0.2, 0) is 4.79 Å². The fourth-order valence-corrected chi connectivity index (χ4v) is 5.88. The zero-order valence-electron chi connectivity index (χ0n) is 14.4. The average molecular weight is 331 g/mol. The first-order valence-electron chi connectivity index (χ1n) is 9.42. The molecule has 0 spiro atoms. The third kappa shape index (κ3) is 3.08. The quantitative estimate of drug-likeness (QED) is 0.856. The van der Waals surface area contributed by atoms with E-state index in [9.17, 15) is 9.18 Å². The number of anilines is 1. The minimum Gasteiger partial charge on any atom is -0.336 e. The van der Waals surface area contributed by atoms with Crippen LogP contribution in [0.25, 0.3) is 0 Å². The third-order valence-corrected chi connectivity index (χ3v) is 6.61. The Morgan fingerprint density at radius 3 is 2.38 bits per heavy atom. The molecule has 0 saturated heterocycles. The Bertz CT molecular complexity index is 595. The van der Waals surface area contributed by atoms with Crippen molar-refractivity contribution in [2.45, 2.75) is 51.5 Å². The lowest BCUT2D eigenvalue weighted by atomic mass is 9.49. The highest BCUT2D eigenvalue weighted by atomic mass is 19.1. The summed E-state index contributed by atoms with van der Waals surface area (Å²) >= 11 is 0. The molecule has 3 N–H and O–H groups in total. The molecule has 1 aromatic rings.